The summed E-state index contributed by atoms with van der Waals surface area (Å²) in [4.78, 5) is 28.4. The Bertz CT molecular complexity index is 1620. The van der Waals surface area contributed by atoms with Gasteiger partial charge in [-0.15, -0.1) is 0 Å². The third kappa shape index (κ3) is 11.2. The summed E-state index contributed by atoms with van der Waals surface area (Å²) in [6.45, 7) is 1.83. The van der Waals surface area contributed by atoms with E-state index in [1.165, 1.54) is 9.80 Å². The summed E-state index contributed by atoms with van der Waals surface area (Å²) in [5.74, 6) is -1.70. The smallest absolute Gasteiger partial charge is 0.395 e. The number of halogens is 12. The number of hydrogen-bond donors (Lipinski definition) is 2. The summed E-state index contributed by atoms with van der Waals surface area (Å²) in [6.07, 6.45) is -21.3. The largest absolute Gasteiger partial charge is 0.418 e. The first-order valence-corrected chi connectivity index (χ1v) is 17.3. The van der Waals surface area contributed by atoms with Crippen LogP contribution in [0.25, 0.3) is 12.2 Å². The minimum Gasteiger partial charge on any atom is -0.395 e. The van der Waals surface area contributed by atoms with Crippen LogP contribution in [0.2, 0.25) is 0 Å². The maximum absolute atomic E-state index is 14.5. The molecule has 304 valence electrons. The van der Waals surface area contributed by atoms with Crippen LogP contribution in [0.15, 0.2) is 46.2 Å². The van der Waals surface area contributed by atoms with Crippen LogP contribution in [-0.4, -0.2) is 120 Å². The van der Waals surface area contributed by atoms with Gasteiger partial charge in [-0.25, -0.2) is 0 Å². The number of piperazine rings is 2. The molecule has 0 atom stereocenters. The molecule has 4 rings (SSSR count). The number of carbonyl (C=O) groups excluding carboxylic acids is 2. The molecule has 0 aromatic heterocycles. The van der Waals surface area contributed by atoms with E-state index in [9.17, 15) is 62.3 Å². The molecule has 2 fully saturated rings. The van der Waals surface area contributed by atoms with Crippen LogP contribution in [0.4, 0.5) is 52.7 Å². The normalized spacial score (nSPS) is 17.2. The highest BCUT2D eigenvalue weighted by Crippen LogP contribution is 2.52. The van der Waals surface area contributed by atoms with Gasteiger partial charge in [-0.05, 0) is 35.4 Å². The van der Waals surface area contributed by atoms with Gasteiger partial charge in [0.25, 0.3) is 0 Å². The Hall–Kier alpha value is -3.79. The van der Waals surface area contributed by atoms with Crippen molar-refractivity contribution in [2.45, 2.75) is 34.5 Å². The fourth-order valence-corrected chi connectivity index (χ4v) is 7.29. The molecule has 2 heterocycles. The van der Waals surface area contributed by atoms with Crippen molar-refractivity contribution in [3.8, 4) is 0 Å². The Kier molecular flexibility index (Phi) is 14.0. The van der Waals surface area contributed by atoms with Gasteiger partial charge in [0.2, 0.25) is 11.8 Å². The number of amides is 2. The molecule has 2 aromatic rings. The van der Waals surface area contributed by atoms with E-state index in [-0.39, 0.29) is 39.4 Å². The average Bonchev–Trinajstić information content (AvgIpc) is 3.09. The Labute approximate surface area is 310 Å². The van der Waals surface area contributed by atoms with Gasteiger partial charge in [-0.3, -0.25) is 19.4 Å². The second-order valence-corrected chi connectivity index (χ2v) is 13.4. The lowest BCUT2D eigenvalue weighted by Gasteiger charge is -2.33. The highest BCUT2D eigenvalue weighted by Gasteiger charge is 2.49. The van der Waals surface area contributed by atoms with Gasteiger partial charge in [-0.1, -0.05) is 23.9 Å². The number of carbonyl (C=O) groups is 2. The number of hydrogen-bond acceptors (Lipinski definition) is 7. The van der Waals surface area contributed by atoms with Gasteiger partial charge in [0.15, 0.2) is 0 Å². The zero-order valence-corrected chi connectivity index (χ0v) is 29.4. The zero-order valence-electron chi connectivity index (χ0n) is 28.5. The predicted molar refractivity (Wildman–Crippen MR) is 175 cm³/mol. The quantitative estimate of drug-likeness (QED) is 0.218. The molecule has 0 spiro atoms. The first kappa shape index (κ1) is 43.9. The second-order valence-electron chi connectivity index (χ2n) is 12.3. The molecular formula is C34H34F12N4O4S. The summed E-state index contributed by atoms with van der Waals surface area (Å²) in [5, 5.41) is 18.1. The topological polar surface area (TPSA) is 87.6 Å². The highest BCUT2D eigenvalue weighted by molar-refractivity contribution is 7.99. The standard InChI is InChI=1S/C34H34F12N4O4S/c35-31(36,37)27-21(3-7-25(53)49-13-9-47(10-14-49)17-19-51)1-5-23(29(27)33(41,42)43)55-24-6-2-22(28(32(38,39)40)30(24)34(44,45)46)4-8-26(54)50-15-11-48(12-16-50)18-20-52/h1-8,51-52H,9-20H2/b7-3+,8-4+. The Balaban J connectivity index is 1.75. The first-order valence-electron chi connectivity index (χ1n) is 16.5. The fraction of sp³-hybridized carbons (Fsp3) is 0.471. The van der Waals surface area contributed by atoms with Crippen molar-refractivity contribution < 1.29 is 72.5 Å². The number of nitrogens with zero attached hydrogens (tertiary/aromatic N) is 4. The third-order valence-corrected chi connectivity index (χ3v) is 9.88. The number of aliphatic hydroxyl groups excluding tert-OH is 2. The van der Waals surface area contributed by atoms with Crippen molar-refractivity contribution in [2.75, 3.05) is 78.7 Å². The Morgan fingerprint density at radius 2 is 0.836 bits per heavy atom. The molecule has 2 aliphatic heterocycles. The molecule has 2 saturated heterocycles. The molecule has 0 saturated carbocycles. The lowest BCUT2D eigenvalue weighted by Crippen LogP contribution is -2.48. The first-order chi connectivity index (χ1) is 25.6. The molecule has 0 aliphatic carbocycles. The van der Waals surface area contributed by atoms with Crippen LogP contribution in [0.1, 0.15) is 33.4 Å². The fourth-order valence-electron chi connectivity index (χ4n) is 6.14. The van der Waals surface area contributed by atoms with E-state index in [2.05, 4.69) is 0 Å². The second kappa shape index (κ2) is 17.6. The molecule has 0 bridgehead atoms. The predicted octanol–water partition coefficient (Wildman–Crippen LogP) is 6.21. The lowest BCUT2D eigenvalue weighted by molar-refractivity contribution is -0.164. The van der Waals surface area contributed by atoms with Crippen molar-refractivity contribution >= 4 is 35.7 Å². The molecule has 8 nitrogen and oxygen atoms in total. The Morgan fingerprint density at radius 3 is 1.11 bits per heavy atom. The highest BCUT2D eigenvalue weighted by atomic mass is 32.2. The molecule has 0 radical (unpaired) electrons. The summed E-state index contributed by atoms with van der Waals surface area (Å²) in [6, 6.07) is 1.68. The molecule has 2 aliphatic rings. The van der Waals surface area contributed by atoms with E-state index in [0.29, 0.717) is 87.8 Å². The van der Waals surface area contributed by atoms with E-state index in [0.717, 1.165) is 0 Å². The SMILES string of the molecule is O=C(/C=C/c1ccc(Sc2ccc(/C=C/C(=O)N3CCN(CCO)CC3)c(C(F)(F)F)c2C(F)(F)F)c(C(F)(F)F)c1C(F)(F)F)N1CCN(CCO)CC1. The van der Waals surface area contributed by atoms with Crippen molar-refractivity contribution in [3.63, 3.8) is 0 Å². The van der Waals surface area contributed by atoms with Crippen molar-refractivity contribution in [1.82, 2.24) is 19.6 Å². The molecule has 2 amide bonds. The Morgan fingerprint density at radius 1 is 0.527 bits per heavy atom. The summed E-state index contributed by atoms with van der Waals surface area (Å²) < 4.78 is 173. The molecule has 2 aromatic carbocycles. The van der Waals surface area contributed by atoms with Gasteiger partial charge in [0, 0.05) is 87.4 Å². The van der Waals surface area contributed by atoms with Crippen LogP contribution in [0.3, 0.4) is 0 Å². The number of rotatable bonds is 10. The van der Waals surface area contributed by atoms with Crippen LogP contribution in [0, 0.1) is 0 Å². The zero-order chi connectivity index (χ0) is 40.9. The van der Waals surface area contributed by atoms with Gasteiger partial charge in [0.05, 0.1) is 35.5 Å². The van der Waals surface area contributed by atoms with E-state index in [4.69, 9.17) is 10.2 Å². The van der Waals surface area contributed by atoms with Gasteiger partial charge in [-0.2, -0.15) is 52.7 Å². The maximum Gasteiger partial charge on any atom is 0.418 e. The molecule has 21 heteroatoms. The van der Waals surface area contributed by atoms with Gasteiger partial charge < -0.3 is 20.0 Å². The van der Waals surface area contributed by atoms with E-state index in [1.807, 2.05) is 0 Å². The molecular weight excluding hydrogens is 788 g/mol. The maximum atomic E-state index is 14.5. The summed E-state index contributed by atoms with van der Waals surface area (Å²) in [7, 11) is 0. The van der Waals surface area contributed by atoms with Gasteiger partial charge in [0.1, 0.15) is 0 Å². The third-order valence-electron chi connectivity index (χ3n) is 8.76. The molecule has 0 unspecified atom stereocenters. The monoisotopic (exact) mass is 822 g/mol. The van der Waals surface area contributed by atoms with Crippen molar-refractivity contribution in [1.29, 1.82) is 0 Å². The minimum absolute atomic E-state index is 0.0917. The summed E-state index contributed by atoms with van der Waals surface area (Å²) in [5.41, 5.74) is -12.1. The van der Waals surface area contributed by atoms with Crippen LogP contribution >= 0.6 is 11.8 Å². The number of benzene rings is 2. The summed E-state index contributed by atoms with van der Waals surface area (Å²) >= 11 is -0.608. The van der Waals surface area contributed by atoms with Crippen LogP contribution < -0.4 is 0 Å². The number of β-amino-alcohol motifs (C(OH)–C–C–N with tert-alkyl or cyclic N) is 2. The average molecular weight is 823 g/mol. The van der Waals surface area contributed by atoms with Gasteiger partial charge >= 0.3 is 24.7 Å². The van der Waals surface area contributed by atoms with Crippen LogP contribution in [0.5, 0.6) is 0 Å². The van der Waals surface area contributed by atoms with Crippen molar-refractivity contribution in [3.05, 3.63) is 69.8 Å². The molecule has 55 heavy (non-hydrogen) atoms. The van der Waals surface area contributed by atoms with E-state index < -0.39 is 91.5 Å². The number of aliphatic hydroxyl groups is 2. The van der Waals surface area contributed by atoms with Crippen LogP contribution in [-0.2, 0) is 34.3 Å². The van der Waals surface area contributed by atoms with E-state index >= 15 is 0 Å². The van der Waals surface area contributed by atoms with Crippen molar-refractivity contribution in [2.24, 2.45) is 0 Å². The van der Waals surface area contributed by atoms with E-state index in [1.54, 1.807) is 9.80 Å². The lowest BCUT2D eigenvalue weighted by atomic mass is 9.99. The minimum atomic E-state index is -5.90. The molecule has 2 N–H and O–H groups in total. The number of alkyl halides is 12.